The first-order valence-corrected chi connectivity index (χ1v) is 12.8. The molecule has 1 aromatic heterocycles. The first kappa shape index (κ1) is 24.2. The quantitative estimate of drug-likeness (QED) is 0.549. The topological polar surface area (TPSA) is 70.9 Å². The van der Waals surface area contributed by atoms with Gasteiger partial charge in [0.05, 0.1) is 11.0 Å². The lowest BCUT2D eigenvalue weighted by molar-refractivity contribution is -0.141. The maximum absolute atomic E-state index is 13.3. The average Bonchev–Trinajstić information content (AvgIpc) is 2.97. The summed E-state index contributed by atoms with van der Waals surface area (Å²) in [5.41, 5.74) is 3.73. The van der Waals surface area contributed by atoms with Gasteiger partial charge in [-0.15, -0.1) is 0 Å². The molecule has 2 fully saturated rings. The summed E-state index contributed by atoms with van der Waals surface area (Å²) >= 11 is 0. The Kier molecular flexibility index (Phi) is 6.36. The van der Waals surface area contributed by atoms with E-state index in [0.29, 0.717) is 26.1 Å². The lowest BCUT2D eigenvalue weighted by Crippen LogP contribution is -2.60. The zero-order chi connectivity index (χ0) is 25.4. The minimum absolute atomic E-state index is 0.0300. The van der Waals surface area contributed by atoms with Crippen molar-refractivity contribution in [2.45, 2.75) is 45.3 Å². The van der Waals surface area contributed by atoms with E-state index in [1.54, 1.807) is 4.90 Å². The van der Waals surface area contributed by atoms with E-state index in [-0.39, 0.29) is 5.91 Å². The van der Waals surface area contributed by atoms with Crippen LogP contribution in [0.2, 0.25) is 0 Å². The number of likely N-dealkylation sites (tertiary alicyclic amines) is 1. The fraction of sp³-hybridized carbons (Fsp3) is 0.464. The summed E-state index contributed by atoms with van der Waals surface area (Å²) in [7, 11) is 2.05. The fourth-order valence-electron chi connectivity index (χ4n) is 5.04. The highest BCUT2D eigenvalue weighted by atomic mass is 16.6. The van der Waals surface area contributed by atoms with Gasteiger partial charge < -0.3 is 19.1 Å². The molecule has 0 N–H and O–H groups in total. The molecule has 0 spiro atoms. The fourth-order valence-corrected chi connectivity index (χ4v) is 5.04. The van der Waals surface area contributed by atoms with Gasteiger partial charge in [-0.2, -0.15) is 0 Å². The Morgan fingerprint density at radius 3 is 2.50 bits per heavy atom. The number of nitrogens with zero attached hydrogens (tertiary/aromatic N) is 5. The Hall–Kier alpha value is -3.55. The van der Waals surface area contributed by atoms with E-state index in [1.165, 1.54) is 0 Å². The maximum Gasteiger partial charge on any atom is 0.410 e. The molecular weight excluding hydrogens is 454 g/mol. The van der Waals surface area contributed by atoms with E-state index in [0.717, 1.165) is 47.6 Å². The lowest BCUT2D eigenvalue weighted by atomic mass is 10.0. The van der Waals surface area contributed by atoms with Crippen molar-refractivity contribution in [3.05, 3.63) is 48.5 Å². The van der Waals surface area contributed by atoms with Crippen molar-refractivity contribution in [2.24, 2.45) is 7.05 Å². The molecule has 190 valence electrons. The van der Waals surface area contributed by atoms with Crippen LogP contribution in [0.25, 0.3) is 22.4 Å². The average molecular weight is 490 g/mol. The van der Waals surface area contributed by atoms with Crippen molar-refractivity contribution in [1.82, 2.24) is 19.4 Å². The van der Waals surface area contributed by atoms with Gasteiger partial charge in [-0.25, -0.2) is 9.78 Å². The first-order chi connectivity index (χ1) is 17.2. The number of ether oxygens (including phenoxy) is 1. The Morgan fingerprint density at radius 1 is 0.972 bits per heavy atom. The van der Waals surface area contributed by atoms with Crippen molar-refractivity contribution in [2.75, 3.05) is 37.6 Å². The molecule has 0 aliphatic carbocycles. The molecule has 2 amide bonds. The van der Waals surface area contributed by atoms with Gasteiger partial charge in [0.15, 0.2) is 0 Å². The van der Waals surface area contributed by atoms with Crippen LogP contribution in [0.4, 0.5) is 10.5 Å². The van der Waals surface area contributed by atoms with Crippen LogP contribution >= 0.6 is 0 Å². The molecule has 0 bridgehead atoms. The Balaban J connectivity index is 1.26. The van der Waals surface area contributed by atoms with Gasteiger partial charge in [-0.1, -0.05) is 24.3 Å². The van der Waals surface area contributed by atoms with Gasteiger partial charge in [0.2, 0.25) is 5.91 Å². The molecule has 5 rings (SSSR count). The van der Waals surface area contributed by atoms with Crippen molar-refractivity contribution in [1.29, 1.82) is 0 Å². The normalized spacial score (nSPS) is 18.7. The third kappa shape index (κ3) is 4.76. The minimum Gasteiger partial charge on any atom is -0.444 e. The molecule has 8 heteroatoms. The number of benzene rings is 2. The van der Waals surface area contributed by atoms with Gasteiger partial charge in [-0.05, 0) is 57.9 Å². The molecule has 2 saturated heterocycles. The number of amides is 2. The molecule has 1 atom stereocenters. The number of carbonyl (C=O) groups excluding carboxylic acids is 2. The zero-order valence-corrected chi connectivity index (χ0v) is 21.6. The second kappa shape index (κ2) is 9.48. The number of carbonyl (C=O) groups is 2. The van der Waals surface area contributed by atoms with Gasteiger partial charge in [-0.3, -0.25) is 9.69 Å². The van der Waals surface area contributed by atoms with Crippen LogP contribution in [-0.2, 0) is 16.6 Å². The van der Waals surface area contributed by atoms with Crippen molar-refractivity contribution >= 4 is 28.7 Å². The van der Waals surface area contributed by atoms with Crippen LogP contribution in [0.3, 0.4) is 0 Å². The van der Waals surface area contributed by atoms with Gasteiger partial charge in [0.1, 0.15) is 17.5 Å². The van der Waals surface area contributed by atoms with E-state index in [4.69, 9.17) is 9.72 Å². The van der Waals surface area contributed by atoms with Crippen LogP contribution in [0.5, 0.6) is 0 Å². The monoisotopic (exact) mass is 489 g/mol. The predicted octanol–water partition coefficient (Wildman–Crippen LogP) is 4.29. The lowest BCUT2D eigenvalue weighted by Gasteiger charge is -2.42. The third-order valence-corrected chi connectivity index (χ3v) is 7.00. The Morgan fingerprint density at radius 2 is 1.78 bits per heavy atom. The molecule has 3 heterocycles. The van der Waals surface area contributed by atoms with E-state index in [9.17, 15) is 9.59 Å². The predicted molar refractivity (Wildman–Crippen MR) is 141 cm³/mol. The van der Waals surface area contributed by atoms with E-state index in [1.807, 2.05) is 50.9 Å². The number of fused-ring (bicyclic) bond motifs is 1. The number of anilines is 1. The number of imidazole rings is 1. The molecule has 36 heavy (non-hydrogen) atoms. The number of aryl methyl sites for hydroxylation is 1. The van der Waals surface area contributed by atoms with E-state index >= 15 is 0 Å². The van der Waals surface area contributed by atoms with Gasteiger partial charge in [0, 0.05) is 51.0 Å². The molecular formula is C28H35N5O3. The molecule has 2 aromatic carbocycles. The summed E-state index contributed by atoms with van der Waals surface area (Å²) in [4.78, 5) is 36.4. The Bertz CT molecular complexity index is 1280. The molecule has 0 unspecified atom stereocenters. The smallest absolute Gasteiger partial charge is 0.410 e. The standard InChI is InChI=1S/C28H35N5O3/c1-28(2,3)36-27(35)33-16-13-24(33)26(34)32-15-8-14-31(17-18-32)21-10-7-9-20(19-21)25-29-22-11-5-6-12-23(22)30(25)4/h5-7,9-12,19,24H,8,13-18H2,1-4H3/t24-/m0/s1. The van der Waals surface area contributed by atoms with Gasteiger partial charge >= 0.3 is 6.09 Å². The highest BCUT2D eigenvalue weighted by Crippen LogP contribution is 2.28. The second-order valence-electron chi connectivity index (χ2n) is 10.7. The highest BCUT2D eigenvalue weighted by Gasteiger charge is 2.42. The van der Waals surface area contributed by atoms with Crippen molar-refractivity contribution < 1.29 is 14.3 Å². The van der Waals surface area contributed by atoms with Crippen LogP contribution in [0.15, 0.2) is 48.5 Å². The van der Waals surface area contributed by atoms with E-state index < -0.39 is 17.7 Å². The molecule has 2 aliphatic heterocycles. The zero-order valence-electron chi connectivity index (χ0n) is 21.6. The number of rotatable bonds is 3. The summed E-state index contributed by atoms with van der Waals surface area (Å²) in [5, 5.41) is 0. The largest absolute Gasteiger partial charge is 0.444 e. The number of hydrogen-bond acceptors (Lipinski definition) is 5. The van der Waals surface area contributed by atoms with Gasteiger partial charge in [0.25, 0.3) is 0 Å². The first-order valence-electron chi connectivity index (χ1n) is 12.8. The van der Waals surface area contributed by atoms with Crippen LogP contribution in [0, 0.1) is 0 Å². The summed E-state index contributed by atoms with van der Waals surface area (Å²) in [5.74, 6) is 0.972. The summed E-state index contributed by atoms with van der Waals surface area (Å²) in [6.45, 7) is 9.04. The summed E-state index contributed by atoms with van der Waals surface area (Å²) in [6, 6.07) is 16.2. The highest BCUT2D eigenvalue weighted by molar-refractivity contribution is 5.87. The third-order valence-electron chi connectivity index (χ3n) is 7.00. The minimum atomic E-state index is -0.570. The summed E-state index contributed by atoms with van der Waals surface area (Å²) in [6.07, 6.45) is 1.17. The maximum atomic E-state index is 13.3. The number of para-hydroxylation sites is 2. The summed E-state index contributed by atoms with van der Waals surface area (Å²) < 4.78 is 7.62. The van der Waals surface area contributed by atoms with Crippen LogP contribution in [-0.4, -0.2) is 75.7 Å². The molecule has 2 aliphatic rings. The number of aromatic nitrogens is 2. The molecule has 3 aromatic rings. The molecule has 0 radical (unpaired) electrons. The van der Waals surface area contributed by atoms with E-state index in [2.05, 4.69) is 39.8 Å². The van der Waals surface area contributed by atoms with Crippen molar-refractivity contribution in [3.63, 3.8) is 0 Å². The van der Waals surface area contributed by atoms with Crippen LogP contribution in [0.1, 0.15) is 33.6 Å². The SMILES string of the molecule is Cn1c(-c2cccc(N3CCCN(C(=O)[C@@H]4CCN4C(=O)OC(C)(C)C)CC3)c2)nc2ccccc21. The second-order valence-corrected chi connectivity index (χ2v) is 10.7. The van der Waals surface area contributed by atoms with Crippen LogP contribution < -0.4 is 4.90 Å². The molecule has 8 nitrogen and oxygen atoms in total. The van der Waals surface area contributed by atoms with Crippen molar-refractivity contribution in [3.8, 4) is 11.4 Å². The number of hydrogen-bond donors (Lipinski definition) is 0. The Labute approximate surface area is 212 Å². The molecule has 0 saturated carbocycles.